The van der Waals surface area contributed by atoms with Gasteiger partial charge < -0.3 is 16.2 Å². The number of thiophene rings is 1. The van der Waals surface area contributed by atoms with Gasteiger partial charge in [-0.05, 0) is 28.7 Å². The highest BCUT2D eigenvalue weighted by Crippen LogP contribution is 2.16. The molecule has 15 heavy (non-hydrogen) atoms. The van der Waals surface area contributed by atoms with Crippen LogP contribution in [0.3, 0.4) is 0 Å². The maximum atomic E-state index is 11.4. The lowest BCUT2D eigenvalue weighted by Crippen LogP contribution is -2.39. The number of hydrogen-bond donors (Lipinski definition) is 3. The van der Waals surface area contributed by atoms with Gasteiger partial charge in [0.25, 0.3) is 5.91 Å². The van der Waals surface area contributed by atoms with Crippen LogP contribution in [0.1, 0.15) is 10.4 Å². The van der Waals surface area contributed by atoms with Crippen LogP contribution in [-0.2, 0) is 4.79 Å². The van der Waals surface area contributed by atoms with E-state index in [-0.39, 0.29) is 12.5 Å². The Balaban J connectivity index is 2.47. The minimum absolute atomic E-state index is 0.166. The van der Waals surface area contributed by atoms with Crippen LogP contribution in [0.15, 0.2) is 11.4 Å². The summed E-state index contributed by atoms with van der Waals surface area (Å²) in [5.74, 6) is -1.18. The van der Waals surface area contributed by atoms with Gasteiger partial charge in [0.2, 0.25) is 5.91 Å². The molecule has 7 heteroatoms. The Kier molecular flexibility index (Phi) is 4.48. The Labute approximate surface area is 104 Å². The average Bonchev–Trinajstić information content (AvgIpc) is 2.60. The van der Waals surface area contributed by atoms with Crippen LogP contribution in [0.2, 0.25) is 0 Å². The molecule has 0 aliphatic heterocycles. The number of nitrogens with two attached hydrogens (primary N) is 1. The lowest BCUT2D eigenvalue weighted by atomic mass is 10.3. The van der Waals surface area contributed by atoms with Crippen LogP contribution in [0.25, 0.3) is 0 Å². The molecular weight excluding hydrogens is 331 g/mol. The molecule has 1 rings (SSSR count). The molecule has 0 aromatic carbocycles. The van der Waals surface area contributed by atoms with E-state index in [2.05, 4.69) is 27.9 Å². The minimum atomic E-state index is -1.34. The maximum Gasteiger partial charge on any atom is 0.252 e. The second kappa shape index (κ2) is 5.42. The van der Waals surface area contributed by atoms with Crippen molar-refractivity contribution in [1.29, 1.82) is 0 Å². The van der Waals surface area contributed by atoms with Crippen LogP contribution >= 0.6 is 33.9 Å². The molecule has 1 aromatic heterocycles. The molecule has 5 nitrogen and oxygen atoms in total. The van der Waals surface area contributed by atoms with E-state index in [1.807, 2.05) is 0 Å². The van der Waals surface area contributed by atoms with Crippen molar-refractivity contribution in [2.45, 2.75) is 6.10 Å². The van der Waals surface area contributed by atoms with E-state index in [9.17, 15) is 9.59 Å². The SMILES string of the molecule is NC(=O)C(O)CNC(=O)c1csc(I)c1. The summed E-state index contributed by atoms with van der Waals surface area (Å²) in [6, 6.07) is 1.72. The summed E-state index contributed by atoms with van der Waals surface area (Å²) in [5.41, 5.74) is 5.34. The standard InChI is InChI=1S/C8H9IN2O3S/c9-6-1-4(3-15-6)8(14)11-2-5(12)7(10)13/h1,3,5,12H,2H2,(H2,10,13)(H,11,14). The summed E-state index contributed by atoms with van der Waals surface area (Å²) in [6.07, 6.45) is -1.34. The molecule has 0 fully saturated rings. The molecule has 0 radical (unpaired) electrons. The molecule has 0 saturated heterocycles. The van der Waals surface area contributed by atoms with Gasteiger partial charge in [-0.15, -0.1) is 11.3 Å². The normalized spacial score (nSPS) is 12.1. The summed E-state index contributed by atoms with van der Waals surface area (Å²) >= 11 is 3.55. The molecule has 1 heterocycles. The van der Waals surface area contributed by atoms with Crippen LogP contribution in [0.5, 0.6) is 0 Å². The Morgan fingerprint density at radius 3 is 2.80 bits per heavy atom. The summed E-state index contributed by atoms with van der Waals surface area (Å²) in [7, 11) is 0. The van der Waals surface area contributed by atoms with Gasteiger partial charge in [0.05, 0.1) is 15.0 Å². The summed E-state index contributed by atoms with van der Waals surface area (Å²) < 4.78 is 0.994. The summed E-state index contributed by atoms with van der Waals surface area (Å²) in [6.45, 7) is -0.166. The molecule has 1 unspecified atom stereocenters. The molecule has 0 saturated carbocycles. The molecule has 2 amide bonds. The first-order valence-corrected chi connectivity index (χ1v) is 5.96. The lowest BCUT2D eigenvalue weighted by molar-refractivity contribution is -0.125. The Bertz CT molecular complexity index is 380. The molecule has 0 aliphatic carbocycles. The monoisotopic (exact) mass is 340 g/mol. The molecule has 82 valence electrons. The predicted octanol–water partition coefficient (Wildman–Crippen LogP) is -0.0713. The third kappa shape index (κ3) is 3.76. The number of nitrogens with one attached hydrogen (secondary N) is 1. The average molecular weight is 340 g/mol. The van der Waals surface area contributed by atoms with E-state index < -0.39 is 12.0 Å². The number of rotatable bonds is 4. The number of primary amides is 1. The van der Waals surface area contributed by atoms with Gasteiger partial charge in [-0.2, -0.15) is 0 Å². The van der Waals surface area contributed by atoms with Gasteiger partial charge in [-0.1, -0.05) is 0 Å². The van der Waals surface area contributed by atoms with E-state index in [1.54, 1.807) is 11.4 Å². The van der Waals surface area contributed by atoms with Gasteiger partial charge in [0, 0.05) is 5.38 Å². The van der Waals surface area contributed by atoms with E-state index in [1.165, 1.54) is 11.3 Å². The highest BCUT2D eigenvalue weighted by Gasteiger charge is 2.13. The highest BCUT2D eigenvalue weighted by atomic mass is 127. The molecule has 1 atom stereocenters. The minimum Gasteiger partial charge on any atom is -0.381 e. The van der Waals surface area contributed by atoms with Crippen molar-refractivity contribution in [2.75, 3.05) is 6.54 Å². The number of halogens is 1. The Morgan fingerprint density at radius 2 is 2.33 bits per heavy atom. The first-order valence-electron chi connectivity index (χ1n) is 4.00. The van der Waals surface area contributed by atoms with Crippen LogP contribution in [0.4, 0.5) is 0 Å². The largest absolute Gasteiger partial charge is 0.381 e. The number of carbonyl (C=O) groups is 2. The van der Waals surface area contributed by atoms with Gasteiger partial charge in [-0.3, -0.25) is 9.59 Å². The van der Waals surface area contributed by atoms with E-state index in [0.29, 0.717) is 5.56 Å². The third-order valence-corrected chi connectivity index (χ3v) is 3.40. The zero-order chi connectivity index (χ0) is 11.4. The molecule has 4 N–H and O–H groups in total. The number of carbonyl (C=O) groups excluding carboxylic acids is 2. The molecule has 1 aromatic rings. The lowest BCUT2D eigenvalue weighted by Gasteiger charge is -2.07. The second-order valence-corrected chi connectivity index (χ2v) is 5.57. The first-order chi connectivity index (χ1) is 7.00. The first kappa shape index (κ1) is 12.4. The molecule has 0 spiro atoms. The molecule has 0 bridgehead atoms. The fourth-order valence-electron chi connectivity index (χ4n) is 0.821. The van der Waals surface area contributed by atoms with Gasteiger partial charge in [0.15, 0.2) is 0 Å². The number of aliphatic hydroxyl groups excluding tert-OH is 1. The van der Waals surface area contributed by atoms with Crippen molar-refractivity contribution in [3.63, 3.8) is 0 Å². The number of aliphatic hydroxyl groups is 1. The molecule has 0 aliphatic rings. The zero-order valence-corrected chi connectivity index (χ0v) is 10.5. The van der Waals surface area contributed by atoms with Crippen molar-refractivity contribution in [2.24, 2.45) is 5.73 Å². The van der Waals surface area contributed by atoms with E-state index >= 15 is 0 Å². The van der Waals surface area contributed by atoms with Crippen molar-refractivity contribution in [3.8, 4) is 0 Å². The third-order valence-electron chi connectivity index (χ3n) is 1.61. The number of amides is 2. The van der Waals surface area contributed by atoms with Crippen molar-refractivity contribution in [1.82, 2.24) is 5.32 Å². The van der Waals surface area contributed by atoms with Gasteiger partial charge in [-0.25, -0.2) is 0 Å². The summed E-state index contributed by atoms with van der Waals surface area (Å²) in [5, 5.41) is 13.1. The number of hydrogen-bond acceptors (Lipinski definition) is 4. The highest BCUT2D eigenvalue weighted by molar-refractivity contribution is 14.1. The smallest absolute Gasteiger partial charge is 0.252 e. The van der Waals surface area contributed by atoms with Gasteiger partial charge in [0.1, 0.15) is 6.10 Å². The summed E-state index contributed by atoms with van der Waals surface area (Å²) in [4.78, 5) is 21.9. The topological polar surface area (TPSA) is 92.4 Å². The predicted molar refractivity (Wildman–Crippen MR) is 64.6 cm³/mol. The zero-order valence-electron chi connectivity index (χ0n) is 7.57. The van der Waals surface area contributed by atoms with E-state index in [4.69, 9.17) is 10.8 Å². The second-order valence-electron chi connectivity index (χ2n) is 2.77. The van der Waals surface area contributed by atoms with Crippen LogP contribution < -0.4 is 11.1 Å². The molecular formula is C8H9IN2O3S. The van der Waals surface area contributed by atoms with Crippen molar-refractivity contribution in [3.05, 3.63) is 19.9 Å². The fraction of sp³-hybridized carbons (Fsp3) is 0.250. The van der Waals surface area contributed by atoms with Crippen molar-refractivity contribution >= 4 is 45.7 Å². The van der Waals surface area contributed by atoms with E-state index in [0.717, 1.165) is 2.88 Å². The fourth-order valence-corrected chi connectivity index (χ4v) is 2.15. The Hall–Kier alpha value is -0.670. The van der Waals surface area contributed by atoms with Crippen LogP contribution in [-0.4, -0.2) is 29.6 Å². The quantitative estimate of drug-likeness (QED) is 0.670. The van der Waals surface area contributed by atoms with Gasteiger partial charge >= 0.3 is 0 Å². The van der Waals surface area contributed by atoms with Crippen molar-refractivity contribution < 1.29 is 14.7 Å². The maximum absolute atomic E-state index is 11.4. The van der Waals surface area contributed by atoms with Crippen LogP contribution in [0, 0.1) is 2.88 Å². The Morgan fingerprint density at radius 1 is 1.67 bits per heavy atom.